The number of aryl methyl sites for hydroxylation is 2. The van der Waals surface area contributed by atoms with Gasteiger partial charge in [-0.05, 0) is 56.0 Å². The van der Waals surface area contributed by atoms with Gasteiger partial charge in [0.15, 0.2) is 0 Å². The van der Waals surface area contributed by atoms with E-state index in [0.29, 0.717) is 17.7 Å². The number of hydrogen-bond donors (Lipinski definition) is 2. The molecule has 0 saturated heterocycles. The number of carboxylic acids is 1. The van der Waals surface area contributed by atoms with Crippen LogP contribution in [0.15, 0.2) is 76.3 Å². The summed E-state index contributed by atoms with van der Waals surface area (Å²) in [7, 11) is 0. The molecular formula is C26H25NO4. The molecule has 0 spiro atoms. The van der Waals surface area contributed by atoms with Gasteiger partial charge in [-0.15, -0.1) is 0 Å². The van der Waals surface area contributed by atoms with Crippen LogP contribution in [-0.4, -0.2) is 22.0 Å². The summed E-state index contributed by atoms with van der Waals surface area (Å²) in [5, 5.41) is 24.7. The van der Waals surface area contributed by atoms with E-state index in [4.69, 9.17) is 4.42 Å². The van der Waals surface area contributed by atoms with Gasteiger partial charge in [0, 0.05) is 22.8 Å². The summed E-state index contributed by atoms with van der Waals surface area (Å²) in [6.07, 6.45) is 2.26. The highest BCUT2D eigenvalue weighted by Gasteiger charge is 2.22. The van der Waals surface area contributed by atoms with Gasteiger partial charge in [-0.3, -0.25) is 4.79 Å². The third kappa shape index (κ3) is 4.61. The van der Waals surface area contributed by atoms with Crippen LogP contribution in [-0.2, 0) is 11.2 Å². The second-order valence-corrected chi connectivity index (χ2v) is 7.97. The summed E-state index contributed by atoms with van der Waals surface area (Å²) in [6, 6.07) is 21.6. The second-order valence-electron chi connectivity index (χ2n) is 7.97. The Labute approximate surface area is 180 Å². The molecule has 0 saturated carbocycles. The van der Waals surface area contributed by atoms with E-state index in [0.717, 1.165) is 34.8 Å². The molecule has 2 N–H and O–H groups in total. The highest BCUT2D eigenvalue weighted by atomic mass is 16.4. The standard InChI is InChI=1S/C26H25NO4/c1-17-9-11-18(12-10-17)5-4-6-20(26(28)29)16-23(27-30)19-13-14-25-22(15-19)21-7-2-3-8-24(21)31-25/h2-3,7-15,20,30H,4-6,16H2,1H3,(H,28,29)/b27-23+. The average Bonchev–Trinajstić information content (AvgIpc) is 3.15. The van der Waals surface area contributed by atoms with Crippen LogP contribution in [0.5, 0.6) is 0 Å². The molecule has 3 aromatic carbocycles. The van der Waals surface area contributed by atoms with Crippen molar-refractivity contribution in [3.63, 3.8) is 0 Å². The first-order chi connectivity index (χ1) is 15.0. The molecule has 1 heterocycles. The van der Waals surface area contributed by atoms with E-state index in [1.165, 1.54) is 11.1 Å². The molecule has 4 rings (SSSR count). The Morgan fingerprint density at radius 1 is 1.00 bits per heavy atom. The summed E-state index contributed by atoms with van der Waals surface area (Å²) in [4.78, 5) is 11.9. The van der Waals surface area contributed by atoms with Crippen LogP contribution >= 0.6 is 0 Å². The molecule has 4 aromatic rings. The third-order valence-electron chi connectivity index (χ3n) is 5.76. The van der Waals surface area contributed by atoms with Crippen LogP contribution in [0, 0.1) is 12.8 Å². The summed E-state index contributed by atoms with van der Waals surface area (Å²) < 4.78 is 5.85. The van der Waals surface area contributed by atoms with Crippen molar-refractivity contribution in [1.29, 1.82) is 0 Å². The van der Waals surface area contributed by atoms with E-state index >= 15 is 0 Å². The van der Waals surface area contributed by atoms with Crippen molar-refractivity contribution >= 4 is 33.6 Å². The summed E-state index contributed by atoms with van der Waals surface area (Å²) in [6.45, 7) is 2.05. The number of fused-ring (bicyclic) bond motifs is 3. The lowest BCUT2D eigenvalue weighted by Crippen LogP contribution is -2.19. The first kappa shape index (κ1) is 20.7. The summed E-state index contributed by atoms with van der Waals surface area (Å²) in [5.74, 6) is -1.49. The molecule has 1 aromatic heterocycles. The molecule has 0 fully saturated rings. The zero-order valence-corrected chi connectivity index (χ0v) is 17.4. The topological polar surface area (TPSA) is 83.0 Å². The number of para-hydroxylation sites is 1. The number of carbonyl (C=O) groups is 1. The molecule has 1 unspecified atom stereocenters. The molecule has 0 aliphatic carbocycles. The molecule has 31 heavy (non-hydrogen) atoms. The fourth-order valence-electron chi connectivity index (χ4n) is 3.98. The number of oxime groups is 1. The molecule has 5 heteroatoms. The predicted molar refractivity (Wildman–Crippen MR) is 122 cm³/mol. The number of aliphatic carboxylic acids is 1. The average molecular weight is 415 g/mol. The zero-order chi connectivity index (χ0) is 21.8. The van der Waals surface area contributed by atoms with Crippen LogP contribution < -0.4 is 0 Å². The molecule has 1 atom stereocenters. The molecule has 0 bridgehead atoms. The van der Waals surface area contributed by atoms with E-state index in [9.17, 15) is 15.1 Å². The van der Waals surface area contributed by atoms with E-state index in [1.54, 1.807) is 0 Å². The third-order valence-corrected chi connectivity index (χ3v) is 5.76. The second kappa shape index (κ2) is 9.04. The molecule has 0 aliphatic heterocycles. The Hall–Kier alpha value is -3.60. The minimum atomic E-state index is -0.875. The summed E-state index contributed by atoms with van der Waals surface area (Å²) in [5.41, 5.74) is 5.01. The van der Waals surface area contributed by atoms with Gasteiger partial charge >= 0.3 is 5.97 Å². The van der Waals surface area contributed by atoms with Gasteiger partial charge in [-0.2, -0.15) is 0 Å². The van der Waals surface area contributed by atoms with Crippen LogP contribution in [0.3, 0.4) is 0 Å². The van der Waals surface area contributed by atoms with E-state index < -0.39 is 11.9 Å². The first-order valence-corrected chi connectivity index (χ1v) is 10.5. The van der Waals surface area contributed by atoms with Gasteiger partial charge in [-0.25, -0.2) is 0 Å². The highest BCUT2D eigenvalue weighted by molar-refractivity contribution is 6.10. The van der Waals surface area contributed by atoms with Crippen LogP contribution in [0.2, 0.25) is 0 Å². The molecule has 0 aliphatic rings. The van der Waals surface area contributed by atoms with Crippen molar-refractivity contribution in [3.05, 3.63) is 83.4 Å². The van der Waals surface area contributed by atoms with Crippen molar-refractivity contribution < 1.29 is 19.5 Å². The fourth-order valence-corrected chi connectivity index (χ4v) is 3.98. The molecule has 5 nitrogen and oxygen atoms in total. The van der Waals surface area contributed by atoms with Gasteiger partial charge in [0.25, 0.3) is 0 Å². The van der Waals surface area contributed by atoms with Crippen molar-refractivity contribution in [2.24, 2.45) is 11.1 Å². The molecule has 158 valence electrons. The van der Waals surface area contributed by atoms with Gasteiger partial charge in [0.2, 0.25) is 0 Å². The molecule has 0 radical (unpaired) electrons. The number of benzene rings is 3. The van der Waals surface area contributed by atoms with Crippen LogP contribution in [0.4, 0.5) is 0 Å². The lowest BCUT2D eigenvalue weighted by molar-refractivity contribution is -0.141. The largest absolute Gasteiger partial charge is 0.481 e. The lowest BCUT2D eigenvalue weighted by Gasteiger charge is -2.13. The Morgan fingerprint density at radius 3 is 2.48 bits per heavy atom. The van der Waals surface area contributed by atoms with Crippen molar-refractivity contribution in [2.75, 3.05) is 0 Å². The number of carboxylic acid groups (broad SMARTS) is 1. The molecular weight excluding hydrogens is 390 g/mol. The minimum absolute atomic E-state index is 0.168. The van der Waals surface area contributed by atoms with Crippen LogP contribution in [0.25, 0.3) is 21.9 Å². The number of furan rings is 1. The Bertz CT molecular complexity index is 1240. The quantitative estimate of drug-likeness (QED) is 0.204. The highest BCUT2D eigenvalue weighted by Crippen LogP contribution is 2.30. The number of rotatable bonds is 8. The van der Waals surface area contributed by atoms with Gasteiger partial charge in [-0.1, -0.05) is 53.2 Å². The van der Waals surface area contributed by atoms with Crippen molar-refractivity contribution in [1.82, 2.24) is 0 Å². The maximum Gasteiger partial charge on any atom is 0.306 e. The van der Waals surface area contributed by atoms with E-state index in [2.05, 4.69) is 29.4 Å². The van der Waals surface area contributed by atoms with E-state index in [1.807, 2.05) is 49.4 Å². The Morgan fingerprint density at radius 2 is 1.74 bits per heavy atom. The Balaban J connectivity index is 1.49. The minimum Gasteiger partial charge on any atom is -0.481 e. The monoisotopic (exact) mass is 415 g/mol. The summed E-state index contributed by atoms with van der Waals surface area (Å²) >= 11 is 0. The van der Waals surface area contributed by atoms with Gasteiger partial charge < -0.3 is 14.7 Å². The zero-order valence-electron chi connectivity index (χ0n) is 17.4. The van der Waals surface area contributed by atoms with Gasteiger partial charge in [0.1, 0.15) is 11.2 Å². The maximum atomic E-state index is 11.9. The Kier molecular flexibility index (Phi) is 6.03. The fraction of sp³-hybridized carbons (Fsp3) is 0.231. The van der Waals surface area contributed by atoms with Crippen molar-refractivity contribution in [2.45, 2.75) is 32.6 Å². The SMILES string of the molecule is Cc1ccc(CCCC(C/C(=N\O)c2ccc3oc4ccccc4c3c2)C(=O)O)cc1. The normalized spacial score (nSPS) is 13.0. The van der Waals surface area contributed by atoms with Gasteiger partial charge in [0.05, 0.1) is 11.6 Å². The predicted octanol–water partition coefficient (Wildman–Crippen LogP) is 6.19. The maximum absolute atomic E-state index is 11.9. The first-order valence-electron chi connectivity index (χ1n) is 10.5. The van der Waals surface area contributed by atoms with Crippen LogP contribution in [0.1, 0.15) is 36.0 Å². The number of hydrogen-bond acceptors (Lipinski definition) is 4. The van der Waals surface area contributed by atoms with Crippen molar-refractivity contribution in [3.8, 4) is 0 Å². The molecule has 0 amide bonds. The number of nitrogens with zero attached hydrogens (tertiary/aromatic N) is 1. The lowest BCUT2D eigenvalue weighted by atomic mass is 9.91. The smallest absolute Gasteiger partial charge is 0.306 e. The van der Waals surface area contributed by atoms with E-state index in [-0.39, 0.29) is 6.42 Å².